The number of hydrogen-bond acceptors (Lipinski definition) is 4. The molecule has 0 radical (unpaired) electrons. The third-order valence-electron chi connectivity index (χ3n) is 1.87. The van der Waals surface area contributed by atoms with Gasteiger partial charge in [0.2, 0.25) is 20.0 Å². The molecule has 1 rings (SSSR count). The van der Waals surface area contributed by atoms with Crippen molar-refractivity contribution in [1.29, 1.82) is 0 Å². The predicted octanol–water partition coefficient (Wildman–Crippen LogP) is 1.45. The Balaban J connectivity index is 3.36. The summed E-state index contributed by atoms with van der Waals surface area (Å²) in [5.41, 5.74) is -1.97. The van der Waals surface area contributed by atoms with E-state index in [-0.39, 0.29) is 0 Å². The standard InChI is InChI=1S/C9H11F3N2O4S2/c1-19(15,16)13-7-3-6(9(10,11)12)4-8(5-7)14-20(2,17)18/h3-5,13-14H,1-2H3. The Hall–Kier alpha value is -1.49. The van der Waals surface area contributed by atoms with Crippen molar-refractivity contribution in [2.75, 3.05) is 22.0 Å². The molecule has 1 aromatic carbocycles. The minimum absolute atomic E-state index is 0.395. The molecular formula is C9H11F3N2O4S2. The Kier molecular flexibility index (Phi) is 4.25. The monoisotopic (exact) mass is 332 g/mol. The number of anilines is 2. The van der Waals surface area contributed by atoms with Gasteiger partial charge in [0, 0.05) is 0 Å². The zero-order valence-corrected chi connectivity index (χ0v) is 11.9. The van der Waals surface area contributed by atoms with Crippen LogP contribution in [-0.2, 0) is 26.2 Å². The van der Waals surface area contributed by atoms with Gasteiger partial charge in [0.25, 0.3) is 0 Å². The van der Waals surface area contributed by atoms with Crippen LogP contribution in [0.1, 0.15) is 5.56 Å². The van der Waals surface area contributed by atoms with Crippen LogP contribution in [0.15, 0.2) is 18.2 Å². The van der Waals surface area contributed by atoms with Crippen molar-refractivity contribution in [3.8, 4) is 0 Å². The molecule has 0 saturated carbocycles. The molecule has 2 N–H and O–H groups in total. The largest absolute Gasteiger partial charge is 0.416 e. The summed E-state index contributed by atoms with van der Waals surface area (Å²) in [5, 5.41) is 0. The fraction of sp³-hybridized carbons (Fsp3) is 0.333. The van der Waals surface area contributed by atoms with Crippen LogP contribution in [0, 0.1) is 0 Å². The molecule has 0 unspecified atom stereocenters. The van der Waals surface area contributed by atoms with E-state index in [9.17, 15) is 30.0 Å². The van der Waals surface area contributed by atoms with Crippen LogP contribution in [0.2, 0.25) is 0 Å². The lowest BCUT2D eigenvalue weighted by molar-refractivity contribution is -0.137. The first-order chi connectivity index (χ1) is 8.76. The number of hydrogen-bond donors (Lipinski definition) is 2. The lowest BCUT2D eigenvalue weighted by Gasteiger charge is -2.13. The molecule has 0 bridgehead atoms. The van der Waals surface area contributed by atoms with Gasteiger partial charge in [0.15, 0.2) is 0 Å². The van der Waals surface area contributed by atoms with Gasteiger partial charge in [0.1, 0.15) is 0 Å². The molecule has 0 spiro atoms. The highest BCUT2D eigenvalue weighted by atomic mass is 32.2. The predicted molar refractivity (Wildman–Crippen MR) is 68.4 cm³/mol. The van der Waals surface area contributed by atoms with Crippen molar-refractivity contribution >= 4 is 31.4 Å². The SMILES string of the molecule is CS(=O)(=O)Nc1cc(NS(C)(=O)=O)cc(C(F)(F)F)c1. The van der Waals surface area contributed by atoms with E-state index >= 15 is 0 Å². The molecule has 0 aliphatic carbocycles. The molecule has 0 amide bonds. The van der Waals surface area contributed by atoms with Gasteiger partial charge >= 0.3 is 6.18 Å². The van der Waals surface area contributed by atoms with Crippen LogP contribution in [0.3, 0.4) is 0 Å². The third kappa shape index (κ3) is 5.65. The maximum Gasteiger partial charge on any atom is 0.416 e. The van der Waals surface area contributed by atoms with Gasteiger partial charge in [-0.1, -0.05) is 0 Å². The molecule has 0 aliphatic rings. The highest BCUT2D eigenvalue weighted by molar-refractivity contribution is 7.92. The highest BCUT2D eigenvalue weighted by Crippen LogP contribution is 2.33. The Morgan fingerprint density at radius 2 is 1.20 bits per heavy atom. The summed E-state index contributed by atoms with van der Waals surface area (Å²) in [4.78, 5) is 0. The van der Waals surface area contributed by atoms with Crippen molar-refractivity contribution in [1.82, 2.24) is 0 Å². The Morgan fingerprint density at radius 1 is 0.850 bits per heavy atom. The van der Waals surface area contributed by atoms with E-state index in [4.69, 9.17) is 0 Å². The second-order valence-corrected chi connectivity index (χ2v) is 7.54. The second-order valence-electron chi connectivity index (χ2n) is 4.05. The molecule has 0 aromatic heterocycles. The van der Waals surface area contributed by atoms with Crippen LogP contribution in [0.5, 0.6) is 0 Å². The number of nitrogens with one attached hydrogen (secondary N) is 2. The summed E-state index contributed by atoms with van der Waals surface area (Å²) in [6, 6.07) is 2.07. The van der Waals surface area contributed by atoms with E-state index < -0.39 is 43.2 Å². The van der Waals surface area contributed by atoms with Crippen molar-refractivity contribution in [2.24, 2.45) is 0 Å². The van der Waals surface area contributed by atoms with Crippen molar-refractivity contribution in [2.45, 2.75) is 6.18 Å². The van der Waals surface area contributed by atoms with E-state index in [0.717, 1.165) is 18.6 Å². The molecule has 0 fully saturated rings. The summed E-state index contributed by atoms with van der Waals surface area (Å²) >= 11 is 0. The van der Waals surface area contributed by atoms with Crippen LogP contribution in [0.4, 0.5) is 24.5 Å². The fourth-order valence-electron chi connectivity index (χ4n) is 1.34. The molecule has 0 aliphatic heterocycles. The van der Waals surface area contributed by atoms with Crippen LogP contribution >= 0.6 is 0 Å². The Morgan fingerprint density at radius 3 is 1.45 bits per heavy atom. The molecule has 0 atom stereocenters. The highest BCUT2D eigenvalue weighted by Gasteiger charge is 2.31. The van der Waals surface area contributed by atoms with Crippen molar-refractivity contribution in [3.05, 3.63) is 23.8 Å². The average Bonchev–Trinajstić information content (AvgIpc) is 2.09. The number of rotatable bonds is 4. The smallest absolute Gasteiger partial charge is 0.284 e. The lowest BCUT2D eigenvalue weighted by atomic mass is 10.2. The molecular weight excluding hydrogens is 321 g/mol. The Bertz CT molecular complexity index is 659. The zero-order valence-electron chi connectivity index (χ0n) is 10.3. The van der Waals surface area contributed by atoms with Gasteiger partial charge in [-0.25, -0.2) is 16.8 Å². The number of sulfonamides is 2. The molecule has 114 valence electrons. The minimum atomic E-state index is -4.75. The number of benzene rings is 1. The molecule has 1 aromatic rings. The molecule has 6 nitrogen and oxygen atoms in total. The maximum absolute atomic E-state index is 12.7. The summed E-state index contributed by atoms with van der Waals surface area (Å²) < 4.78 is 85.8. The van der Waals surface area contributed by atoms with Crippen LogP contribution in [0.25, 0.3) is 0 Å². The van der Waals surface area contributed by atoms with Gasteiger partial charge in [-0.2, -0.15) is 13.2 Å². The maximum atomic E-state index is 12.7. The molecule has 0 saturated heterocycles. The van der Waals surface area contributed by atoms with Crippen LogP contribution in [-0.4, -0.2) is 29.3 Å². The van der Waals surface area contributed by atoms with Gasteiger partial charge in [0.05, 0.1) is 29.4 Å². The molecule has 11 heteroatoms. The van der Waals surface area contributed by atoms with E-state index in [1.807, 2.05) is 9.44 Å². The minimum Gasteiger partial charge on any atom is -0.284 e. The summed E-state index contributed by atoms with van der Waals surface area (Å²) in [6.45, 7) is 0. The lowest BCUT2D eigenvalue weighted by Crippen LogP contribution is -2.14. The fourth-order valence-corrected chi connectivity index (χ4v) is 2.43. The first-order valence-electron chi connectivity index (χ1n) is 4.94. The van der Waals surface area contributed by atoms with Gasteiger partial charge < -0.3 is 0 Å². The van der Waals surface area contributed by atoms with Crippen LogP contribution < -0.4 is 9.44 Å². The van der Waals surface area contributed by atoms with E-state index in [1.54, 1.807) is 0 Å². The van der Waals surface area contributed by atoms with E-state index in [0.29, 0.717) is 12.1 Å². The first-order valence-corrected chi connectivity index (χ1v) is 8.72. The number of alkyl halides is 3. The number of halogens is 3. The molecule has 0 heterocycles. The zero-order chi connectivity index (χ0) is 15.8. The van der Waals surface area contributed by atoms with Gasteiger partial charge in [-0.05, 0) is 18.2 Å². The topological polar surface area (TPSA) is 92.3 Å². The molecule has 20 heavy (non-hydrogen) atoms. The van der Waals surface area contributed by atoms with Gasteiger partial charge in [-0.3, -0.25) is 9.44 Å². The summed E-state index contributed by atoms with van der Waals surface area (Å²) in [7, 11) is -7.59. The van der Waals surface area contributed by atoms with Gasteiger partial charge in [-0.15, -0.1) is 0 Å². The van der Waals surface area contributed by atoms with Crippen molar-refractivity contribution in [3.63, 3.8) is 0 Å². The van der Waals surface area contributed by atoms with E-state index in [2.05, 4.69) is 0 Å². The normalized spacial score (nSPS) is 13.1. The quantitative estimate of drug-likeness (QED) is 0.873. The summed E-state index contributed by atoms with van der Waals surface area (Å²) in [5.74, 6) is 0. The Labute approximate surface area is 114 Å². The average molecular weight is 332 g/mol. The third-order valence-corrected chi connectivity index (χ3v) is 3.08. The first kappa shape index (κ1) is 16.6. The summed E-state index contributed by atoms with van der Waals surface area (Å²) in [6.07, 6.45) is -3.23. The van der Waals surface area contributed by atoms with Crippen molar-refractivity contribution < 1.29 is 30.0 Å². The second kappa shape index (κ2) is 5.13. The van der Waals surface area contributed by atoms with E-state index in [1.165, 1.54) is 0 Å².